The summed E-state index contributed by atoms with van der Waals surface area (Å²) >= 11 is 1.61. The summed E-state index contributed by atoms with van der Waals surface area (Å²) in [4.78, 5) is 34.9. The second-order valence-electron chi connectivity index (χ2n) is 7.65. The van der Waals surface area contributed by atoms with E-state index in [-0.39, 0.29) is 23.9 Å². The molecule has 31 heavy (non-hydrogen) atoms. The first-order valence-electron chi connectivity index (χ1n) is 10.5. The van der Waals surface area contributed by atoms with Crippen LogP contribution < -0.4 is 10.2 Å². The lowest BCUT2D eigenvalue weighted by molar-refractivity contribution is -0.126. The van der Waals surface area contributed by atoms with Crippen LogP contribution in [-0.4, -0.2) is 42.0 Å². The van der Waals surface area contributed by atoms with Crippen LogP contribution in [-0.2, 0) is 4.79 Å². The number of nitrogens with zero attached hydrogens (tertiary/aromatic N) is 3. The Balaban J connectivity index is 1.37. The summed E-state index contributed by atoms with van der Waals surface area (Å²) in [5, 5.41) is 5.20. The predicted octanol–water partition coefficient (Wildman–Crippen LogP) is 4.32. The summed E-state index contributed by atoms with van der Waals surface area (Å²) in [6.07, 6.45) is 3.05. The van der Waals surface area contributed by atoms with Crippen LogP contribution in [0.1, 0.15) is 29.5 Å². The van der Waals surface area contributed by atoms with Crippen LogP contribution in [0.25, 0.3) is 0 Å². The SMILES string of the molecule is CN(C(=O)N1CCC(C(=O)NC(c2ccccn2)c2cccs2)CC1)c1ccccc1. The van der Waals surface area contributed by atoms with Gasteiger partial charge in [-0.05, 0) is 48.6 Å². The fourth-order valence-corrected chi connectivity index (χ4v) is 4.65. The second-order valence-corrected chi connectivity index (χ2v) is 8.63. The van der Waals surface area contributed by atoms with Crippen molar-refractivity contribution in [3.8, 4) is 0 Å². The Labute approximate surface area is 186 Å². The van der Waals surface area contributed by atoms with Crippen molar-refractivity contribution in [2.75, 3.05) is 25.0 Å². The van der Waals surface area contributed by atoms with Crippen LogP contribution >= 0.6 is 11.3 Å². The number of anilines is 1. The highest BCUT2D eigenvalue weighted by atomic mass is 32.1. The number of hydrogen-bond acceptors (Lipinski definition) is 4. The van der Waals surface area contributed by atoms with Crippen LogP contribution in [0.3, 0.4) is 0 Å². The maximum absolute atomic E-state index is 13.1. The van der Waals surface area contributed by atoms with Gasteiger partial charge in [-0.25, -0.2) is 4.79 Å². The summed E-state index contributed by atoms with van der Waals surface area (Å²) < 4.78 is 0. The topological polar surface area (TPSA) is 65.5 Å². The van der Waals surface area contributed by atoms with E-state index in [9.17, 15) is 9.59 Å². The van der Waals surface area contributed by atoms with Gasteiger partial charge in [-0.15, -0.1) is 11.3 Å². The van der Waals surface area contributed by atoms with Gasteiger partial charge in [-0.1, -0.05) is 30.3 Å². The highest BCUT2D eigenvalue weighted by Gasteiger charge is 2.31. The van der Waals surface area contributed by atoms with Gasteiger partial charge in [0.1, 0.15) is 6.04 Å². The third kappa shape index (κ3) is 4.94. The average molecular weight is 435 g/mol. The number of amides is 3. The molecule has 1 atom stereocenters. The molecule has 3 amide bonds. The van der Waals surface area contributed by atoms with E-state index in [0.717, 1.165) is 16.3 Å². The molecule has 0 spiro atoms. The fourth-order valence-electron chi connectivity index (χ4n) is 3.86. The lowest BCUT2D eigenvalue weighted by Crippen LogP contribution is -2.48. The van der Waals surface area contributed by atoms with Crippen molar-refractivity contribution in [3.63, 3.8) is 0 Å². The summed E-state index contributed by atoms with van der Waals surface area (Å²) in [6.45, 7) is 1.14. The van der Waals surface area contributed by atoms with Gasteiger partial charge < -0.3 is 10.2 Å². The number of likely N-dealkylation sites (tertiary alicyclic amines) is 1. The second kappa shape index (κ2) is 9.75. The standard InChI is InChI=1S/C24H26N4O2S/c1-27(19-8-3-2-4-9-19)24(30)28-15-12-18(13-16-28)23(29)26-22(21-11-7-17-31-21)20-10-5-6-14-25-20/h2-11,14,17-18,22H,12-13,15-16H2,1H3,(H,26,29). The van der Waals surface area contributed by atoms with Gasteiger partial charge in [-0.3, -0.25) is 14.7 Å². The molecule has 4 rings (SSSR count). The van der Waals surface area contributed by atoms with E-state index in [1.54, 1.807) is 29.5 Å². The average Bonchev–Trinajstić information content (AvgIpc) is 3.37. The van der Waals surface area contributed by atoms with E-state index < -0.39 is 0 Å². The van der Waals surface area contributed by atoms with Gasteiger partial charge >= 0.3 is 6.03 Å². The van der Waals surface area contributed by atoms with Gasteiger partial charge in [0.15, 0.2) is 0 Å². The van der Waals surface area contributed by atoms with E-state index in [1.807, 2.05) is 70.9 Å². The summed E-state index contributed by atoms with van der Waals surface area (Å²) in [5.74, 6) is -0.0928. The lowest BCUT2D eigenvalue weighted by atomic mass is 9.95. The van der Waals surface area contributed by atoms with E-state index in [4.69, 9.17) is 0 Å². The maximum atomic E-state index is 13.1. The molecule has 1 aliphatic rings. The molecular formula is C24H26N4O2S. The van der Waals surface area contributed by atoms with Crippen molar-refractivity contribution < 1.29 is 9.59 Å². The number of carbonyl (C=O) groups is 2. The number of urea groups is 1. The molecule has 3 heterocycles. The van der Waals surface area contributed by atoms with Crippen molar-refractivity contribution >= 4 is 29.0 Å². The fraction of sp³-hybridized carbons (Fsp3) is 0.292. The van der Waals surface area contributed by atoms with Crippen molar-refractivity contribution in [2.24, 2.45) is 5.92 Å². The largest absolute Gasteiger partial charge is 0.343 e. The normalized spacial score (nSPS) is 15.3. The van der Waals surface area contributed by atoms with Crippen molar-refractivity contribution in [1.82, 2.24) is 15.2 Å². The Kier molecular flexibility index (Phi) is 6.62. The molecule has 0 aliphatic carbocycles. The summed E-state index contributed by atoms with van der Waals surface area (Å²) in [5.41, 5.74) is 1.69. The number of nitrogens with one attached hydrogen (secondary N) is 1. The molecule has 1 aliphatic heterocycles. The Bertz CT molecular complexity index is 987. The minimum absolute atomic E-state index is 0.0209. The molecule has 0 radical (unpaired) electrons. The number of carbonyl (C=O) groups excluding carboxylic acids is 2. The molecule has 1 saturated heterocycles. The molecule has 1 unspecified atom stereocenters. The maximum Gasteiger partial charge on any atom is 0.324 e. The van der Waals surface area contributed by atoms with Crippen LogP contribution in [0.5, 0.6) is 0 Å². The molecule has 0 bridgehead atoms. The number of benzene rings is 1. The van der Waals surface area contributed by atoms with Gasteiger partial charge in [-0.2, -0.15) is 0 Å². The number of aromatic nitrogens is 1. The van der Waals surface area contributed by atoms with Crippen LogP contribution in [0.4, 0.5) is 10.5 Å². The molecule has 1 N–H and O–H groups in total. The summed E-state index contributed by atoms with van der Waals surface area (Å²) in [7, 11) is 1.79. The number of hydrogen-bond donors (Lipinski definition) is 1. The molecule has 2 aromatic heterocycles. The third-order valence-electron chi connectivity index (χ3n) is 5.66. The first-order chi connectivity index (χ1) is 15.1. The van der Waals surface area contributed by atoms with Crippen molar-refractivity contribution in [3.05, 3.63) is 82.8 Å². The molecular weight excluding hydrogens is 408 g/mol. The van der Waals surface area contributed by atoms with Crippen molar-refractivity contribution in [2.45, 2.75) is 18.9 Å². The van der Waals surface area contributed by atoms with E-state index >= 15 is 0 Å². The molecule has 7 heteroatoms. The number of pyridine rings is 1. The molecule has 3 aromatic rings. The number of piperidine rings is 1. The lowest BCUT2D eigenvalue weighted by Gasteiger charge is -2.34. The highest BCUT2D eigenvalue weighted by Crippen LogP contribution is 2.27. The zero-order valence-corrected chi connectivity index (χ0v) is 18.3. The Morgan fingerprint density at radius 3 is 2.45 bits per heavy atom. The minimum Gasteiger partial charge on any atom is -0.343 e. The molecule has 1 fully saturated rings. The minimum atomic E-state index is -0.252. The Morgan fingerprint density at radius 2 is 1.81 bits per heavy atom. The molecule has 6 nitrogen and oxygen atoms in total. The first-order valence-corrected chi connectivity index (χ1v) is 11.3. The van der Waals surface area contributed by atoms with Crippen LogP contribution in [0.2, 0.25) is 0 Å². The van der Waals surface area contributed by atoms with Crippen LogP contribution in [0, 0.1) is 5.92 Å². The molecule has 1 aromatic carbocycles. The Morgan fingerprint density at radius 1 is 1.06 bits per heavy atom. The van der Waals surface area contributed by atoms with E-state index in [2.05, 4.69) is 10.3 Å². The Hall–Kier alpha value is -3.19. The van der Waals surface area contributed by atoms with E-state index in [0.29, 0.717) is 25.9 Å². The summed E-state index contributed by atoms with van der Waals surface area (Å²) in [6, 6.07) is 19.1. The highest BCUT2D eigenvalue weighted by molar-refractivity contribution is 7.10. The van der Waals surface area contributed by atoms with E-state index in [1.165, 1.54) is 0 Å². The number of thiophene rings is 1. The molecule has 160 valence electrons. The zero-order chi connectivity index (χ0) is 21.6. The molecule has 0 saturated carbocycles. The van der Waals surface area contributed by atoms with Gasteiger partial charge in [0.05, 0.1) is 5.69 Å². The van der Waals surface area contributed by atoms with Crippen molar-refractivity contribution in [1.29, 1.82) is 0 Å². The monoisotopic (exact) mass is 434 g/mol. The quantitative estimate of drug-likeness (QED) is 0.651. The zero-order valence-electron chi connectivity index (χ0n) is 17.5. The van der Waals surface area contributed by atoms with Gasteiger partial charge in [0.25, 0.3) is 0 Å². The smallest absolute Gasteiger partial charge is 0.324 e. The number of rotatable bonds is 5. The van der Waals surface area contributed by atoms with Gasteiger partial charge in [0, 0.05) is 42.8 Å². The number of para-hydroxylation sites is 1. The first kappa shape index (κ1) is 21.1. The predicted molar refractivity (Wildman–Crippen MR) is 123 cm³/mol. The van der Waals surface area contributed by atoms with Crippen LogP contribution in [0.15, 0.2) is 72.2 Å². The third-order valence-corrected chi connectivity index (χ3v) is 6.60. The van der Waals surface area contributed by atoms with Gasteiger partial charge in [0.2, 0.25) is 5.91 Å².